The van der Waals surface area contributed by atoms with E-state index >= 15 is 0 Å². The fourth-order valence-electron chi connectivity index (χ4n) is 2.13. The molecule has 2 aromatic rings. The lowest BCUT2D eigenvalue weighted by molar-refractivity contribution is -0.126. The number of benzene rings is 2. The van der Waals surface area contributed by atoms with Crippen molar-refractivity contribution in [1.29, 1.82) is 0 Å². The number of carbonyl (C=O) groups excluding carboxylic acids is 2. The maximum absolute atomic E-state index is 11.9. The third-order valence-electron chi connectivity index (χ3n) is 3.43. The molecule has 0 spiro atoms. The Kier molecular flexibility index (Phi) is 5.87. The number of carbonyl (C=O) groups is 2. The molecular weight excluding hydrogens is 308 g/mol. The van der Waals surface area contributed by atoms with Gasteiger partial charge in [-0.25, -0.2) is 0 Å². The van der Waals surface area contributed by atoms with Gasteiger partial charge < -0.3 is 15.3 Å². The van der Waals surface area contributed by atoms with E-state index in [0.717, 1.165) is 5.56 Å². The Labute approximate surface area is 139 Å². The summed E-state index contributed by atoms with van der Waals surface area (Å²) >= 11 is 0. The van der Waals surface area contributed by atoms with Crippen LogP contribution in [0.15, 0.2) is 54.6 Å². The fourth-order valence-corrected chi connectivity index (χ4v) is 2.13. The first kappa shape index (κ1) is 17.4. The Morgan fingerprint density at radius 1 is 0.917 bits per heavy atom. The number of hydrogen-bond donors (Lipinski definition) is 3. The monoisotopic (exact) mass is 326 g/mol. The summed E-state index contributed by atoms with van der Waals surface area (Å²) in [4.78, 5) is 23.6. The van der Waals surface area contributed by atoms with Crippen molar-refractivity contribution in [3.05, 3.63) is 65.7 Å². The molecule has 0 aliphatic rings. The Morgan fingerprint density at radius 3 is 2.04 bits per heavy atom. The summed E-state index contributed by atoms with van der Waals surface area (Å²) in [6.45, 7) is 0. The molecule has 0 saturated heterocycles. The predicted molar refractivity (Wildman–Crippen MR) is 89.5 cm³/mol. The summed E-state index contributed by atoms with van der Waals surface area (Å²) in [5.74, 6) is -0.509. The smallest absolute Gasteiger partial charge is 0.163 e. The number of hydrogen-bond acceptors (Lipinski definition) is 5. The van der Waals surface area contributed by atoms with Crippen molar-refractivity contribution in [2.75, 3.05) is 0 Å². The lowest BCUT2D eigenvalue weighted by atomic mass is 10.0. The predicted octanol–water partition coefficient (Wildman–Crippen LogP) is 2.76. The first-order valence-electron chi connectivity index (χ1n) is 7.42. The number of rotatable bonds is 7. The van der Waals surface area contributed by atoms with Gasteiger partial charge in [0, 0.05) is 6.42 Å². The highest BCUT2D eigenvalue weighted by molar-refractivity contribution is 6.06. The third kappa shape index (κ3) is 5.37. The molecule has 0 aromatic heterocycles. The fraction of sp³-hybridized carbons (Fsp3) is 0.158. The van der Waals surface area contributed by atoms with Gasteiger partial charge in [0.1, 0.15) is 17.3 Å². The first-order chi connectivity index (χ1) is 11.4. The van der Waals surface area contributed by atoms with Crippen LogP contribution in [0.2, 0.25) is 0 Å². The maximum atomic E-state index is 11.9. The minimum atomic E-state index is -1.01. The van der Waals surface area contributed by atoms with Crippen molar-refractivity contribution in [2.24, 2.45) is 0 Å². The molecule has 2 rings (SSSR count). The molecule has 24 heavy (non-hydrogen) atoms. The third-order valence-corrected chi connectivity index (χ3v) is 3.43. The lowest BCUT2D eigenvalue weighted by Gasteiger charge is -2.09. The summed E-state index contributed by atoms with van der Waals surface area (Å²) in [5, 5.41) is 28.3. The van der Waals surface area contributed by atoms with E-state index in [1.807, 2.05) is 0 Å². The van der Waals surface area contributed by atoms with Crippen molar-refractivity contribution < 1.29 is 24.9 Å². The highest BCUT2D eigenvalue weighted by Crippen LogP contribution is 2.20. The van der Waals surface area contributed by atoms with Crippen LogP contribution in [0.3, 0.4) is 0 Å². The molecule has 2 aromatic carbocycles. The van der Waals surface area contributed by atoms with E-state index < -0.39 is 6.10 Å². The quantitative estimate of drug-likeness (QED) is 0.537. The molecule has 5 heteroatoms. The van der Waals surface area contributed by atoms with Gasteiger partial charge in [-0.1, -0.05) is 30.3 Å². The highest BCUT2D eigenvalue weighted by Gasteiger charge is 2.15. The zero-order chi connectivity index (χ0) is 17.5. The van der Waals surface area contributed by atoms with Gasteiger partial charge in [-0.15, -0.1) is 0 Å². The van der Waals surface area contributed by atoms with Crippen LogP contribution in [0.25, 0.3) is 6.08 Å². The van der Waals surface area contributed by atoms with Crippen LogP contribution in [-0.4, -0.2) is 26.9 Å². The van der Waals surface area contributed by atoms with Gasteiger partial charge in [-0.2, -0.15) is 0 Å². The number of allylic oxidation sites excluding steroid dienone is 1. The zero-order valence-electron chi connectivity index (χ0n) is 12.9. The SMILES string of the molecule is O=C(C=Cc1ccc(O)cc1)CC(=O)CC(O)c1ccc(O)cc1. The summed E-state index contributed by atoms with van der Waals surface area (Å²) in [6.07, 6.45) is 1.41. The maximum Gasteiger partial charge on any atom is 0.163 e. The molecule has 0 fully saturated rings. The van der Waals surface area contributed by atoms with Crippen molar-refractivity contribution in [3.63, 3.8) is 0 Å². The van der Waals surface area contributed by atoms with Crippen LogP contribution in [0, 0.1) is 0 Å². The van der Waals surface area contributed by atoms with E-state index in [2.05, 4.69) is 0 Å². The number of phenols is 2. The van der Waals surface area contributed by atoms with E-state index in [1.54, 1.807) is 18.2 Å². The van der Waals surface area contributed by atoms with Crippen LogP contribution >= 0.6 is 0 Å². The second-order valence-electron chi connectivity index (χ2n) is 5.42. The molecule has 5 nitrogen and oxygen atoms in total. The zero-order valence-corrected chi connectivity index (χ0v) is 12.9. The van der Waals surface area contributed by atoms with Crippen molar-refractivity contribution in [2.45, 2.75) is 18.9 Å². The second-order valence-corrected chi connectivity index (χ2v) is 5.42. The van der Waals surface area contributed by atoms with Gasteiger partial charge in [0.2, 0.25) is 0 Å². The van der Waals surface area contributed by atoms with E-state index in [0.29, 0.717) is 5.56 Å². The molecule has 0 aliphatic heterocycles. The molecule has 3 N–H and O–H groups in total. The molecule has 0 bridgehead atoms. The number of phenolic OH excluding ortho intramolecular Hbond substituents is 2. The largest absolute Gasteiger partial charge is 0.508 e. The minimum Gasteiger partial charge on any atom is -0.508 e. The number of Topliss-reactive ketones (excluding diaryl/α,β-unsaturated/α-hetero) is 1. The van der Waals surface area contributed by atoms with Crippen molar-refractivity contribution in [3.8, 4) is 11.5 Å². The van der Waals surface area contributed by atoms with E-state index in [4.69, 9.17) is 0 Å². The topological polar surface area (TPSA) is 94.8 Å². The number of aliphatic hydroxyl groups excluding tert-OH is 1. The van der Waals surface area contributed by atoms with Crippen molar-refractivity contribution >= 4 is 17.6 Å². The Balaban J connectivity index is 1.85. The van der Waals surface area contributed by atoms with Crippen LogP contribution in [0.1, 0.15) is 30.1 Å². The molecule has 0 radical (unpaired) electrons. The Morgan fingerprint density at radius 2 is 1.46 bits per heavy atom. The Hall–Kier alpha value is -2.92. The van der Waals surface area contributed by atoms with Gasteiger partial charge >= 0.3 is 0 Å². The van der Waals surface area contributed by atoms with Crippen LogP contribution in [-0.2, 0) is 9.59 Å². The average Bonchev–Trinajstić information content (AvgIpc) is 2.54. The molecule has 1 atom stereocenters. The number of aliphatic hydroxyl groups is 1. The van der Waals surface area contributed by atoms with Gasteiger partial charge in [-0.05, 0) is 41.5 Å². The molecule has 1 unspecified atom stereocenters. The highest BCUT2D eigenvalue weighted by atomic mass is 16.3. The Bertz CT molecular complexity index is 729. The molecule has 0 saturated carbocycles. The summed E-state index contributed by atoms with van der Waals surface area (Å²) in [7, 11) is 0. The first-order valence-corrected chi connectivity index (χ1v) is 7.42. The van der Waals surface area contributed by atoms with Crippen LogP contribution in [0.4, 0.5) is 0 Å². The van der Waals surface area contributed by atoms with Crippen LogP contribution < -0.4 is 0 Å². The second kappa shape index (κ2) is 8.08. The molecule has 124 valence electrons. The molecular formula is C19H18O5. The van der Waals surface area contributed by atoms with Crippen LogP contribution in [0.5, 0.6) is 11.5 Å². The lowest BCUT2D eigenvalue weighted by Crippen LogP contribution is -2.10. The van der Waals surface area contributed by atoms with Gasteiger partial charge in [0.15, 0.2) is 5.78 Å². The molecule has 0 aliphatic carbocycles. The van der Waals surface area contributed by atoms with E-state index in [9.17, 15) is 24.9 Å². The summed E-state index contributed by atoms with van der Waals surface area (Å²) < 4.78 is 0. The minimum absolute atomic E-state index is 0.0758. The number of ketones is 2. The van der Waals surface area contributed by atoms with Gasteiger partial charge in [-0.3, -0.25) is 9.59 Å². The summed E-state index contributed by atoms with van der Waals surface area (Å²) in [6, 6.07) is 12.2. The van der Waals surface area contributed by atoms with Gasteiger partial charge in [0.05, 0.1) is 12.5 Å². The number of aromatic hydroxyl groups is 2. The molecule has 0 heterocycles. The average molecular weight is 326 g/mol. The van der Waals surface area contributed by atoms with E-state index in [-0.39, 0.29) is 35.9 Å². The standard InChI is InChI=1S/C19H18O5/c20-15-6-1-13(2-7-15)3-8-17(22)11-18(23)12-19(24)14-4-9-16(21)10-5-14/h1-10,19-21,24H,11-12H2. The van der Waals surface area contributed by atoms with E-state index in [1.165, 1.54) is 42.5 Å². The van der Waals surface area contributed by atoms with Gasteiger partial charge in [0.25, 0.3) is 0 Å². The molecule has 0 amide bonds. The normalized spacial score (nSPS) is 12.2. The summed E-state index contributed by atoms with van der Waals surface area (Å²) in [5.41, 5.74) is 1.24. The van der Waals surface area contributed by atoms with Crippen molar-refractivity contribution in [1.82, 2.24) is 0 Å².